The summed E-state index contributed by atoms with van der Waals surface area (Å²) in [6.45, 7) is 2.49. The summed E-state index contributed by atoms with van der Waals surface area (Å²) in [7, 11) is 0. The zero-order chi connectivity index (χ0) is 13.0. The normalized spacial score (nSPS) is 10.3. The second-order valence-corrected chi connectivity index (χ2v) is 3.88. The monoisotopic (exact) mass is 246 g/mol. The van der Waals surface area contributed by atoms with E-state index >= 15 is 0 Å². The molecule has 94 valence electrons. The first-order chi connectivity index (χ1) is 8.69. The van der Waals surface area contributed by atoms with E-state index in [1.54, 1.807) is 18.6 Å². The first-order valence-electron chi connectivity index (χ1n) is 5.68. The SMILES string of the molecule is CCc1cc(C(=O)O)cc(NCc2ccoc2)n1. The average Bonchev–Trinajstić information content (AvgIpc) is 2.89. The van der Waals surface area contributed by atoms with E-state index in [0.29, 0.717) is 18.8 Å². The van der Waals surface area contributed by atoms with Crippen LogP contribution in [0.5, 0.6) is 0 Å². The molecule has 0 radical (unpaired) electrons. The number of carbonyl (C=O) groups is 1. The molecule has 0 fully saturated rings. The van der Waals surface area contributed by atoms with Gasteiger partial charge < -0.3 is 14.8 Å². The third-order valence-electron chi connectivity index (χ3n) is 2.54. The van der Waals surface area contributed by atoms with Gasteiger partial charge in [0.25, 0.3) is 0 Å². The number of rotatable bonds is 5. The molecule has 0 aromatic carbocycles. The number of carboxylic acids is 1. The Hall–Kier alpha value is -2.30. The van der Waals surface area contributed by atoms with Crippen molar-refractivity contribution in [1.29, 1.82) is 0 Å². The van der Waals surface area contributed by atoms with Crippen LogP contribution in [0.2, 0.25) is 0 Å². The van der Waals surface area contributed by atoms with Crippen molar-refractivity contribution in [3.05, 3.63) is 47.5 Å². The molecule has 2 heterocycles. The molecular formula is C13H14N2O3. The number of pyridine rings is 1. The molecular weight excluding hydrogens is 232 g/mol. The molecule has 0 bridgehead atoms. The molecule has 2 aromatic rings. The summed E-state index contributed by atoms with van der Waals surface area (Å²) < 4.78 is 4.96. The van der Waals surface area contributed by atoms with Crippen molar-refractivity contribution in [3.63, 3.8) is 0 Å². The van der Waals surface area contributed by atoms with E-state index in [1.165, 1.54) is 6.07 Å². The van der Waals surface area contributed by atoms with Gasteiger partial charge in [-0.1, -0.05) is 6.92 Å². The molecule has 0 aliphatic carbocycles. The van der Waals surface area contributed by atoms with Crippen LogP contribution in [0.15, 0.2) is 35.1 Å². The van der Waals surface area contributed by atoms with Gasteiger partial charge in [-0.2, -0.15) is 0 Å². The number of hydrogen-bond donors (Lipinski definition) is 2. The van der Waals surface area contributed by atoms with Gasteiger partial charge in [0.05, 0.1) is 18.1 Å². The first-order valence-corrected chi connectivity index (χ1v) is 5.68. The molecule has 0 unspecified atom stereocenters. The summed E-state index contributed by atoms with van der Waals surface area (Å²) >= 11 is 0. The van der Waals surface area contributed by atoms with Crippen LogP contribution in [0.1, 0.15) is 28.5 Å². The molecule has 0 amide bonds. The standard InChI is InChI=1S/C13H14N2O3/c1-2-11-5-10(13(16)17)6-12(15-11)14-7-9-3-4-18-8-9/h3-6,8H,2,7H2,1H3,(H,14,15)(H,16,17). The van der Waals surface area contributed by atoms with E-state index < -0.39 is 5.97 Å². The maximum absolute atomic E-state index is 11.0. The topological polar surface area (TPSA) is 75.4 Å². The van der Waals surface area contributed by atoms with Crippen LogP contribution in [0.25, 0.3) is 0 Å². The number of aromatic carboxylic acids is 1. The van der Waals surface area contributed by atoms with Gasteiger partial charge in [-0.3, -0.25) is 0 Å². The molecule has 0 aliphatic heterocycles. The fourth-order valence-electron chi connectivity index (χ4n) is 1.57. The van der Waals surface area contributed by atoms with Crippen molar-refractivity contribution < 1.29 is 14.3 Å². The van der Waals surface area contributed by atoms with E-state index in [1.807, 2.05) is 13.0 Å². The van der Waals surface area contributed by atoms with Crippen LogP contribution in [0.3, 0.4) is 0 Å². The Kier molecular flexibility index (Phi) is 3.62. The molecule has 2 aromatic heterocycles. The highest BCUT2D eigenvalue weighted by Gasteiger charge is 2.07. The smallest absolute Gasteiger partial charge is 0.335 e. The largest absolute Gasteiger partial charge is 0.478 e. The number of hydrogen-bond acceptors (Lipinski definition) is 4. The molecule has 2 rings (SSSR count). The molecule has 5 heteroatoms. The van der Waals surface area contributed by atoms with Crippen LogP contribution in [-0.2, 0) is 13.0 Å². The Balaban J connectivity index is 2.16. The first kappa shape index (κ1) is 12.2. The van der Waals surface area contributed by atoms with Gasteiger partial charge in [-0.15, -0.1) is 0 Å². The summed E-state index contributed by atoms with van der Waals surface area (Å²) in [5.74, 6) is -0.383. The summed E-state index contributed by atoms with van der Waals surface area (Å²) in [5, 5.41) is 12.1. The highest BCUT2D eigenvalue weighted by atomic mass is 16.4. The molecule has 0 aliphatic rings. The third kappa shape index (κ3) is 2.88. The van der Waals surface area contributed by atoms with Gasteiger partial charge in [0, 0.05) is 17.8 Å². The van der Waals surface area contributed by atoms with Gasteiger partial charge in [0.1, 0.15) is 5.82 Å². The highest BCUT2D eigenvalue weighted by molar-refractivity contribution is 5.88. The Labute approximate surface area is 104 Å². The zero-order valence-corrected chi connectivity index (χ0v) is 10.0. The highest BCUT2D eigenvalue weighted by Crippen LogP contribution is 2.13. The lowest BCUT2D eigenvalue weighted by molar-refractivity contribution is 0.0696. The second kappa shape index (κ2) is 5.35. The Morgan fingerprint density at radius 1 is 1.50 bits per heavy atom. The van der Waals surface area contributed by atoms with Gasteiger partial charge in [-0.25, -0.2) is 9.78 Å². The van der Waals surface area contributed by atoms with E-state index in [4.69, 9.17) is 9.52 Å². The minimum absolute atomic E-state index is 0.247. The minimum atomic E-state index is -0.946. The quantitative estimate of drug-likeness (QED) is 0.847. The van der Waals surface area contributed by atoms with Gasteiger partial charge in [0.15, 0.2) is 0 Å². The van der Waals surface area contributed by atoms with Crippen molar-refractivity contribution >= 4 is 11.8 Å². The molecule has 5 nitrogen and oxygen atoms in total. The molecule has 0 saturated heterocycles. The maximum Gasteiger partial charge on any atom is 0.335 e. The van der Waals surface area contributed by atoms with Gasteiger partial charge in [0.2, 0.25) is 0 Å². The lowest BCUT2D eigenvalue weighted by Crippen LogP contribution is -2.06. The van der Waals surface area contributed by atoms with Crippen LogP contribution in [-0.4, -0.2) is 16.1 Å². The van der Waals surface area contributed by atoms with Crippen molar-refractivity contribution in [3.8, 4) is 0 Å². The number of furan rings is 1. The molecule has 0 spiro atoms. The lowest BCUT2D eigenvalue weighted by Gasteiger charge is -2.07. The second-order valence-electron chi connectivity index (χ2n) is 3.88. The summed E-state index contributed by atoms with van der Waals surface area (Å²) in [6.07, 6.45) is 3.92. The zero-order valence-electron chi connectivity index (χ0n) is 10.0. The summed E-state index contributed by atoms with van der Waals surface area (Å²) in [6, 6.07) is 4.96. The van der Waals surface area contributed by atoms with E-state index in [-0.39, 0.29) is 5.56 Å². The predicted octanol–water partition coefficient (Wildman–Crippen LogP) is 2.55. The fourth-order valence-corrected chi connectivity index (χ4v) is 1.57. The Bertz CT molecular complexity index is 535. The lowest BCUT2D eigenvalue weighted by atomic mass is 10.2. The van der Waals surface area contributed by atoms with Crippen molar-refractivity contribution in [2.24, 2.45) is 0 Å². The van der Waals surface area contributed by atoms with Crippen molar-refractivity contribution in [1.82, 2.24) is 4.98 Å². The molecule has 0 atom stereocenters. The summed E-state index contributed by atoms with van der Waals surface area (Å²) in [4.78, 5) is 15.3. The molecule has 2 N–H and O–H groups in total. The van der Waals surface area contributed by atoms with Crippen molar-refractivity contribution in [2.75, 3.05) is 5.32 Å². The van der Waals surface area contributed by atoms with Crippen molar-refractivity contribution in [2.45, 2.75) is 19.9 Å². The average molecular weight is 246 g/mol. The van der Waals surface area contributed by atoms with E-state index in [9.17, 15) is 4.79 Å². The Morgan fingerprint density at radius 3 is 2.94 bits per heavy atom. The van der Waals surface area contributed by atoms with Gasteiger partial charge >= 0.3 is 5.97 Å². The number of aromatic nitrogens is 1. The third-order valence-corrected chi connectivity index (χ3v) is 2.54. The van der Waals surface area contributed by atoms with Crippen LogP contribution in [0, 0.1) is 0 Å². The summed E-state index contributed by atoms with van der Waals surface area (Å²) in [5.41, 5.74) is 1.98. The van der Waals surface area contributed by atoms with E-state index in [0.717, 1.165) is 11.3 Å². The number of anilines is 1. The number of carboxylic acid groups (broad SMARTS) is 1. The molecule has 0 saturated carbocycles. The molecule has 18 heavy (non-hydrogen) atoms. The number of aryl methyl sites for hydroxylation is 1. The minimum Gasteiger partial charge on any atom is -0.478 e. The number of nitrogens with zero attached hydrogens (tertiary/aromatic N) is 1. The van der Waals surface area contributed by atoms with E-state index in [2.05, 4.69) is 10.3 Å². The van der Waals surface area contributed by atoms with Crippen LogP contribution in [0.4, 0.5) is 5.82 Å². The predicted molar refractivity (Wildman–Crippen MR) is 66.6 cm³/mol. The Morgan fingerprint density at radius 2 is 2.33 bits per heavy atom. The maximum atomic E-state index is 11.0. The van der Waals surface area contributed by atoms with Crippen LogP contribution < -0.4 is 5.32 Å². The fraction of sp³-hybridized carbons (Fsp3) is 0.231. The van der Waals surface area contributed by atoms with Crippen LogP contribution >= 0.6 is 0 Å². The van der Waals surface area contributed by atoms with Gasteiger partial charge in [-0.05, 0) is 24.6 Å². The number of nitrogens with one attached hydrogen (secondary N) is 1.